The highest BCUT2D eigenvalue weighted by molar-refractivity contribution is 5.97. The van der Waals surface area contributed by atoms with Gasteiger partial charge < -0.3 is 15.5 Å². The molecular weight excluding hydrogens is 302 g/mol. The third-order valence-corrected chi connectivity index (χ3v) is 4.14. The summed E-state index contributed by atoms with van der Waals surface area (Å²) in [4.78, 5) is 27.1. The molecule has 1 atom stereocenters. The molecular formula is C19H31N3O2. The Hall–Kier alpha value is -1.88. The van der Waals surface area contributed by atoms with Crippen molar-refractivity contribution in [3.63, 3.8) is 0 Å². The predicted octanol–water partition coefficient (Wildman–Crippen LogP) is 2.21. The molecule has 0 aromatic heterocycles. The van der Waals surface area contributed by atoms with Crippen LogP contribution in [0.4, 0.5) is 0 Å². The molecule has 0 saturated heterocycles. The molecule has 0 radical (unpaired) electrons. The molecule has 2 N–H and O–H groups in total. The maximum Gasteiger partial charge on any atom is 0.251 e. The van der Waals surface area contributed by atoms with Crippen LogP contribution in [0.5, 0.6) is 0 Å². The van der Waals surface area contributed by atoms with Crippen molar-refractivity contribution in [1.29, 1.82) is 0 Å². The van der Waals surface area contributed by atoms with Crippen LogP contribution in [0.25, 0.3) is 0 Å². The van der Waals surface area contributed by atoms with Crippen molar-refractivity contribution in [2.75, 3.05) is 26.2 Å². The van der Waals surface area contributed by atoms with Crippen molar-refractivity contribution in [2.45, 2.75) is 40.7 Å². The third-order valence-electron chi connectivity index (χ3n) is 4.14. The van der Waals surface area contributed by atoms with Crippen LogP contribution < -0.4 is 10.6 Å². The Labute approximate surface area is 145 Å². The highest BCUT2D eigenvalue weighted by atomic mass is 16.2. The summed E-state index contributed by atoms with van der Waals surface area (Å²) < 4.78 is 0. The zero-order chi connectivity index (χ0) is 18.1. The number of nitrogens with zero attached hydrogens (tertiary/aromatic N) is 1. The van der Waals surface area contributed by atoms with Crippen LogP contribution in [-0.2, 0) is 4.79 Å². The number of aryl methyl sites for hydroxylation is 1. The molecule has 1 aromatic carbocycles. The first-order valence-corrected chi connectivity index (χ1v) is 8.76. The molecule has 5 heteroatoms. The Morgan fingerprint density at radius 1 is 1.17 bits per heavy atom. The molecule has 0 fully saturated rings. The van der Waals surface area contributed by atoms with Crippen LogP contribution in [0, 0.1) is 12.8 Å². The lowest BCUT2D eigenvalue weighted by Gasteiger charge is -2.23. The molecule has 134 valence electrons. The van der Waals surface area contributed by atoms with E-state index < -0.39 is 6.04 Å². The molecule has 0 spiro atoms. The second-order valence-electron chi connectivity index (χ2n) is 6.38. The van der Waals surface area contributed by atoms with E-state index in [0.29, 0.717) is 12.1 Å². The van der Waals surface area contributed by atoms with E-state index in [1.54, 1.807) is 6.07 Å². The van der Waals surface area contributed by atoms with Crippen molar-refractivity contribution in [2.24, 2.45) is 5.92 Å². The molecule has 1 aromatic rings. The maximum atomic E-state index is 12.4. The SMILES string of the molecule is CCN(CC)CCNC(=O)C(NC(=O)c1cccc(C)c1)C(C)C. The first kappa shape index (κ1) is 20.2. The third kappa shape index (κ3) is 6.32. The van der Waals surface area contributed by atoms with Gasteiger partial charge in [-0.15, -0.1) is 0 Å². The summed E-state index contributed by atoms with van der Waals surface area (Å²) in [5, 5.41) is 5.80. The van der Waals surface area contributed by atoms with E-state index in [1.807, 2.05) is 39.0 Å². The van der Waals surface area contributed by atoms with Crippen LogP contribution in [0.2, 0.25) is 0 Å². The lowest BCUT2D eigenvalue weighted by Crippen LogP contribution is -2.50. The van der Waals surface area contributed by atoms with E-state index in [4.69, 9.17) is 0 Å². The van der Waals surface area contributed by atoms with E-state index in [0.717, 1.165) is 25.2 Å². The summed E-state index contributed by atoms with van der Waals surface area (Å²) in [7, 11) is 0. The number of rotatable bonds is 9. The summed E-state index contributed by atoms with van der Waals surface area (Å²) >= 11 is 0. The number of carbonyl (C=O) groups is 2. The standard InChI is InChI=1S/C19H31N3O2/c1-6-22(7-2)12-11-20-19(24)17(14(3)4)21-18(23)16-10-8-9-15(5)13-16/h8-10,13-14,17H,6-7,11-12H2,1-5H3,(H,20,24)(H,21,23). The minimum atomic E-state index is -0.533. The van der Waals surface area contributed by atoms with Gasteiger partial charge in [0, 0.05) is 18.7 Å². The first-order chi connectivity index (χ1) is 11.4. The van der Waals surface area contributed by atoms with E-state index in [9.17, 15) is 9.59 Å². The van der Waals surface area contributed by atoms with Gasteiger partial charge in [-0.25, -0.2) is 0 Å². The zero-order valence-electron chi connectivity index (χ0n) is 15.6. The van der Waals surface area contributed by atoms with E-state index in [1.165, 1.54) is 0 Å². The average molecular weight is 333 g/mol. The minimum absolute atomic E-state index is 0.0206. The fraction of sp³-hybridized carbons (Fsp3) is 0.579. The minimum Gasteiger partial charge on any atom is -0.353 e. The predicted molar refractivity (Wildman–Crippen MR) is 98.1 cm³/mol. The summed E-state index contributed by atoms with van der Waals surface area (Å²) in [6.45, 7) is 13.3. The van der Waals surface area contributed by atoms with Gasteiger partial charge >= 0.3 is 0 Å². The summed E-state index contributed by atoms with van der Waals surface area (Å²) in [6.07, 6.45) is 0. The van der Waals surface area contributed by atoms with Gasteiger partial charge in [-0.3, -0.25) is 9.59 Å². The van der Waals surface area contributed by atoms with E-state index in [-0.39, 0.29) is 17.7 Å². The number of carbonyl (C=O) groups excluding carboxylic acids is 2. The molecule has 24 heavy (non-hydrogen) atoms. The quantitative estimate of drug-likeness (QED) is 0.728. The first-order valence-electron chi connectivity index (χ1n) is 8.76. The molecule has 1 rings (SSSR count). The lowest BCUT2D eigenvalue weighted by molar-refractivity contribution is -0.124. The maximum absolute atomic E-state index is 12.4. The monoisotopic (exact) mass is 333 g/mol. The van der Waals surface area contributed by atoms with Crippen molar-refractivity contribution >= 4 is 11.8 Å². The second kappa shape index (κ2) is 10.1. The van der Waals surface area contributed by atoms with Crippen molar-refractivity contribution in [3.05, 3.63) is 35.4 Å². The van der Waals surface area contributed by atoms with Gasteiger partial charge in [0.25, 0.3) is 5.91 Å². The molecule has 0 heterocycles. The summed E-state index contributed by atoms with van der Waals surface area (Å²) in [5.74, 6) is -0.318. The molecule has 0 aliphatic rings. The second-order valence-corrected chi connectivity index (χ2v) is 6.38. The average Bonchev–Trinajstić information content (AvgIpc) is 2.55. The molecule has 0 bridgehead atoms. The van der Waals surface area contributed by atoms with Crippen LogP contribution in [-0.4, -0.2) is 48.9 Å². The van der Waals surface area contributed by atoms with Gasteiger partial charge in [0.05, 0.1) is 0 Å². The van der Waals surface area contributed by atoms with Crippen molar-refractivity contribution < 1.29 is 9.59 Å². The van der Waals surface area contributed by atoms with Gasteiger partial charge in [0.1, 0.15) is 6.04 Å². The highest BCUT2D eigenvalue weighted by Crippen LogP contribution is 2.07. The molecule has 5 nitrogen and oxygen atoms in total. The van der Waals surface area contributed by atoms with Gasteiger partial charge in [-0.05, 0) is 38.1 Å². The number of likely N-dealkylation sites (N-methyl/N-ethyl adjacent to an activating group) is 1. The Kier molecular flexibility index (Phi) is 8.47. The van der Waals surface area contributed by atoms with Gasteiger partial charge in [0.2, 0.25) is 5.91 Å². The summed E-state index contributed by atoms with van der Waals surface area (Å²) in [6, 6.07) is 6.84. The lowest BCUT2D eigenvalue weighted by atomic mass is 10.0. The fourth-order valence-electron chi connectivity index (χ4n) is 2.53. The zero-order valence-corrected chi connectivity index (χ0v) is 15.6. The smallest absolute Gasteiger partial charge is 0.251 e. The van der Waals surface area contributed by atoms with Crippen LogP contribution in [0.1, 0.15) is 43.6 Å². The topological polar surface area (TPSA) is 61.4 Å². The number of benzene rings is 1. The number of nitrogens with one attached hydrogen (secondary N) is 2. The number of hydrogen-bond donors (Lipinski definition) is 2. The van der Waals surface area contributed by atoms with Crippen molar-refractivity contribution in [3.8, 4) is 0 Å². The molecule has 1 unspecified atom stereocenters. The van der Waals surface area contributed by atoms with Gasteiger partial charge in [-0.1, -0.05) is 45.4 Å². The van der Waals surface area contributed by atoms with E-state index >= 15 is 0 Å². The summed E-state index contributed by atoms with van der Waals surface area (Å²) in [5.41, 5.74) is 1.60. The van der Waals surface area contributed by atoms with Gasteiger partial charge in [-0.2, -0.15) is 0 Å². The Bertz CT molecular complexity index is 539. The molecule has 0 saturated carbocycles. The highest BCUT2D eigenvalue weighted by Gasteiger charge is 2.24. The Morgan fingerprint density at radius 2 is 1.83 bits per heavy atom. The van der Waals surface area contributed by atoms with Crippen LogP contribution in [0.3, 0.4) is 0 Å². The fourth-order valence-corrected chi connectivity index (χ4v) is 2.53. The Morgan fingerprint density at radius 3 is 2.38 bits per heavy atom. The molecule has 2 amide bonds. The van der Waals surface area contributed by atoms with Crippen LogP contribution >= 0.6 is 0 Å². The van der Waals surface area contributed by atoms with E-state index in [2.05, 4.69) is 29.4 Å². The Balaban J connectivity index is 2.62. The number of amides is 2. The van der Waals surface area contributed by atoms with Crippen LogP contribution in [0.15, 0.2) is 24.3 Å². The van der Waals surface area contributed by atoms with Gasteiger partial charge in [0.15, 0.2) is 0 Å². The normalized spacial score (nSPS) is 12.3. The largest absolute Gasteiger partial charge is 0.353 e. The number of hydrogen-bond acceptors (Lipinski definition) is 3. The molecule has 0 aliphatic carbocycles. The molecule has 0 aliphatic heterocycles. The van der Waals surface area contributed by atoms with Crippen molar-refractivity contribution in [1.82, 2.24) is 15.5 Å².